The topological polar surface area (TPSA) is 87.7 Å². The number of ether oxygens (including phenoxy) is 1. The van der Waals surface area contributed by atoms with Crippen molar-refractivity contribution in [2.45, 2.75) is 26.0 Å². The molecule has 0 spiro atoms. The van der Waals surface area contributed by atoms with E-state index in [1.165, 1.54) is 4.90 Å². The maximum Gasteiger partial charge on any atom is 0.409 e. The summed E-state index contributed by atoms with van der Waals surface area (Å²) >= 11 is 1.96. The van der Waals surface area contributed by atoms with Gasteiger partial charge in [0.15, 0.2) is 0 Å². The largest absolute Gasteiger partial charge is 0.445 e. The van der Waals surface area contributed by atoms with Crippen LogP contribution in [-0.2, 0) is 27.4 Å². The molecule has 2 N–H and O–H groups in total. The molecule has 0 aliphatic heterocycles. The van der Waals surface area contributed by atoms with Gasteiger partial charge in [0.2, 0.25) is 11.8 Å². The van der Waals surface area contributed by atoms with Crippen LogP contribution in [-0.4, -0.2) is 46.9 Å². The number of carbonyl (C=O) groups excluding carboxylic acids is 3. The fourth-order valence-electron chi connectivity index (χ4n) is 2.59. The van der Waals surface area contributed by atoms with Crippen LogP contribution in [0, 0.1) is 0 Å². The van der Waals surface area contributed by atoms with Gasteiger partial charge in [0.05, 0.1) is 4.43 Å². The average molecular weight is 523 g/mol. The predicted octanol–water partition coefficient (Wildman–Crippen LogP) is 3.38. The maximum absolute atomic E-state index is 12.8. The number of anilines is 1. The van der Waals surface area contributed by atoms with Crippen molar-refractivity contribution in [3.63, 3.8) is 0 Å². The van der Waals surface area contributed by atoms with Crippen LogP contribution in [0.15, 0.2) is 54.6 Å². The van der Waals surface area contributed by atoms with E-state index in [4.69, 9.17) is 4.74 Å². The number of nitrogens with zero attached hydrogens (tertiary/aromatic N) is 1. The van der Waals surface area contributed by atoms with Crippen molar-refractivity contribution in [2.75, 3.05) is 23.3 Å². The first-order valence-corrected chi connectivity index (χ1v) is 11.1. The molecule has 160 valence electrons. The van der Waals surface area contributed by atoms with Crippen LogP contribution < -0.4 is 10.6 Å². The molecule has 0 saturated carbocycles. The molecular weight excluding hydrogens is 497 g/mol. The van der Waals surface area contributed by atoms with Gasteiger partial charge in [-0.1, -0.05) is 65.1 Å². The third-order valence-corrected chi connectivity index (χ3v) is 5.12. The van der Waals surface area contributed by atoms with E-state index < -0.39 is 6.04 Å². The van der Waals surface area contributed by atoms with E-state index in [0.717, 1.165) is 11.1 Å². The van der Waals surface area contributed by atoms with Crippen molar-refractivity contribution < 1.29 is 19.1 Å². The van der Waals surface area contributed by atoms with Crippen LogP contribution >= 0.6 is 22.6 Å². The Hall–Kier alpha value is -2.62. The third-order valence-electron chi connectivity index (χ3n) is 4.43. The van der Waals surface area contributed by atoms with E-state index in [2.05, 4.69) is 10.6 Å². The molecular formula is C22H26IN3O4. The second-order valence-electron chi connectivity index (χ2n) is 6.70. The lowest BCUT2D eigenvalue weighted by Gasteiger charge is -2.18. The number of halogens is 1. The predicted molar refractivity (Wildman–Crippen MR) is 125 cm³/mol. The molecule has 8 heteroatoms. The van der Waals surface area contributed by atoms with Crippen LogP contribution in [0.4, 0.5) is 10.5 Å². The number of amides is 3. The van der Waals surface area contributed by atoms with Gasteiger partial charge in [-0.15, -0.1) is 0 Å². The van der Waals surface area contributed by atoms with Crippen LogP contribution in [0.25, 0.3) is 0 Å². The number of carbonyl (C=O) groups is 3. The van der Waals surface area contributed by atoms with Gasteiger partial charge in [0.1, 0.15) is 12.6 Å². The Bertz CT molecular complexity index is 843. The van der Waals surface area contributed by atoms with Gasteiger partial charge in [0.25, 0.3) is 0 Å². The zero-order valence-electron chi connectivity index (χ0n) is 17.1. The van der Waals surface area contributed by atoms with Crippen molar-refractivity contribution in [2.24, 2.45) is 0 Å². The standard InChI is InChI=1S/C22H26IN3O4/c1-3-26(2)22(29)30-15-17-9-11-18(12-10-17)24-21(28)19(25-20(27)14-23)13-16-7-5-4-6-8-16/h4-12,19H,3,13-15H2,1-2H3,(H,24,28)(H,25,27)/t19-/m1/s1. The Morgan fingerprint density at radius 2 is 1.70 bits per heavy atom. The number of hydrogen-bond acceptors (Lipinski definition) is 4. The normalized spacial score (nSPS) is 11.3. The van der Waals surface area contributed by atoms with Gasteiger partial charge in [-0.2, -0.15) is 0 Å². The molecule has 2 rings (SSSR count). The SMILES string of the molecule is CCN(C)C(=O)OCc1ccc(NC(=O)[C@@H](Cc2ccccc2)NC(=O)CI)cc1. The summed E-state index contributed by atoms with van der Waals surface area (Å²) in [5, 5.41) is 5.61. The van der Waals surface area contributed by atoms with Crippen molar-refractivity contribution in [1.29, 1.82) is 0 Å². The molecule has 0 radical (unpaired) electrons. The van der Waals surface area contributed by atoms with Crippen molar-refractivity contribution >= 4 is 46.2 Å². The van der Waals surface area contributed by atoms with Crippen molar-refractivity contribution in [3.05, 3.63) is 65.7 Å². The summed E-state index contributed by atoms with van der Waals surface area (Å²) < 4.78 is 5.49. The summed E-state index contributed by atoms with van der Waals surface area (Å²) in [5.41, 5.74) is 2.37. The first-order valence-electron chi connectivity index (χ1n) is 9.59. The van der Waals surface area contributed by atoms with E-state index in [1.807, 2.05) is 59.8 Å². The van der Waals surface area contributed by atoms with E-state index in [-0.39, 0.29) is 28.9 Å². The molecule has 0 saturated heterocycles. The van der Waals surface area contributed by atoms with Crippen LogP contribution in [0.3, 0.4) is 0 Å². The van der Waals surface area contributed by atoms with Gasteiger partial charge in [-0.25, -0.2) is 4.79 Å². The molecule has 30 heavy (non-hydrogen) atoms. The van der Waals surface area contributed by atoms with Crippen LogP contribution in [0.2, 0.25) is 0 Å². The first kappa shape index (κ1) is 23.7. The first-order chi connectivity index (χ1) is 14.4. The highest BCUT2D eigenvalue weighted by Gasteiger charge is 2.21. The van der Waals surface area contributed by atoms with Gasteiger partial charge < -0.3 is 20.3 Å². The molecule has 0 aliphatic carbocycles. The lowest BCUT2D eigenvalue weighted by atomic mass is 10.0. The third kappa shape index (κ3) is 7.66. The Balaban J connectivity index is 1.98. The van der Waals surface area contributed by atoms with Crippen molar-refractivity contribution in [1.82, 2.24) is 10.2 Å². The highest BCUT2D eigenvalue weighted by atomic mass is 127. The van der Waals surface area contributed by atoms with Gasteiger partial charge in [0, 0.05) is 25.7 Å². The van der Waals surface area contributed by atoms with E-state index in [0.29, 0.717) is 18.7 Å². The zero-order chi connectivity index (χ0) is 21.9. The average Bonchev–Trinajstić information content (AvgIpc) is 2.77. The molecule has 0 heterocycles. The summed E-state index contributed by atoms with van der Waals surface area (Å²) in [4.78, 5) is 37.8. The Kier molecular flexibility index (Phi) is 9.59. The second-order valence-corrected chi connectivity index (χ2v) is 7.46. The summed E-state index contributed by atoms with van der Waals surface area (Å²) in [6, 6.07) is 15.9. The highest BCUT2D eigenvalue weighted by molar-refractivity contribution is 14.1. The molecule has 0 aromatic heterocycles. The van der Waals surface area contributed by atoms with E-state index in [9.17, 15) is 14.4 Å². The number of nitrogens with one attached hydrogen (secondary N) is 2. The van der Waals surface area contributed by atoms with Crippen molar-refractivity contribution in [3.8, 4) is 0 Å². The number of hydrogen-bond donors (Lipinski definition) is 2. The smallest absolute Gasteiger partial charge is 0.409 e. The van der Waals surface area contributed by atoms with Gasteiger partial charge in [-0.3, -0.25) is 9.59 Å². The number of alkyl halides is 1. The number of rotatable bonds is 9. The maximum atomic E-state index is 12.8. The lowest BCUT2D eigenvalue weighted by Crippen LogP contribution is -2.45. The summed E-state index contributed by atoms with van der Waals surface area (Å²) in [5.74, 6) is -0.485. The summed E-state index contributed by atoms with van der Waals surface area (Å²) in [6.45, 7) is 2.59. The van der Waals surface area contributed by atoms with Gasteiger partial charge >= 0.3 is 6.09 Å². The van der Waals surface area contributed by atoms with E-state index >= 15 is 0 Å². The molecule has 0 aliphatic rings. The molecule has 0 bridgehead atoms. The molecule has 0 fully saturated rings. The summed E-state index contributed by atoms with van der Waals surface area (Å²) in [7, 11) is 1.67. The molecule has 1 atom stereocenters. The minimum Gasteiger partial charge on any atom is -0.445 e. The molecule has 7 nitrogen and oxygen atoms in total. The monoisotopic (exact) mass is 523 g/mol. The number of benzene rings is 2. The highest BCUT2D eigenvalue weighted by Crippen LogP contribution is 2.13. The molecule has 3 amide bonds. The fraction of sp³-hybridized carbons (Fsp3) is 0.318. The summed E-state index contributed by atoms with van der Waals surface area (Å²) in [6.07, 6.45) is 0.0123. The second kappa shape index (κ2) is 12.2. The van der Waals surface area contributed by atoms with Crippen LogP contribution in [0.1, 0.15) is 18.1 Å². The Labute approximate surface area is 190 Å². The fourth-order valence-corrected chi connectivity index (χ4v) is 2.81. The van der Waals surface area contributed by atoms with E-state index in [1.54, 1.807) is 31.3 Å². The zero-order valence-corrected chi connectivity index (χ0v) is 19.2. The minimum absolute atomic E-state index is 0.153. The molecule has 2 aromatic carbocycles. The molecule has 2 aromatic rings. The lowest BCUT2D eigenvalue weighted by molar-refractivity contribution is -0.124. The minimum atomic E-state index is -0.681. The van der Waals surface area contributed by atoms with Crippen LogP contribution in [0.5, 0.6) is 0 Å². The van der Waals surface area contributed by atoms with Gasteiger partial charge in [-0.05, 0) is 30.2 Å². The Morgan fingerprint density at radius 1 is 1.03 bits per heavy atom. The Morgan fingerprint density at radius 3 is 2.30 bits per heavy atom. The quantitative estimate of drug-likeness (QED) is 0.390. The molecule has 0 unspecified atom stereocenters.